The molecule has 6 N–H and O–H groups in total. The van der Waals surface area contributed by atoms with Crippen LogP contribution < -0.4 is 14.8 Å². The number of carboxylic acids is 1. The number of carboxylic acid groups (broad SMARTS) is 1. The average Bonchev–Trinajstić information content (AvgIpc) is 3.66. The Hall–Kier alpha value is -4.83. The van der Waals surface area contributed by atoms with Crippen LogP contribution in [0.2, 0.25) is 0 Å². The molecule has 8 atom stereocenters. The number of aliphatic hydroxyl groups excluding tert-OH is 4. The van der Waals surface area contributed by atoms with Gasteiger partial charge in [0.1, 0.15) is 17.3 Å². The van der Waals surface area contributed by atoms with Crippen molar-refractivity contribution in [3.63, 3.8) is 0 Å². The molecule has 2 aliphatic rings. The normalized spacial score (nSPS) is 24.1. The van der Waals surface area contributed by atoms with Crippen LogP contribution in [0.1, 0.15) is 71.1 Å². The van der Waals surface area contributed by atoms with E-state index in [-0.39, 0.29) is 49.3 Å². The third-order valence-corrected chi connectivity index (χ3v) is 10.5. The summed E-state index contributed by atoms with van der Waals surface area (Å²) in [7, 11) is 0. The van der Waals surface area contributed by atoms with E-state index in [0.29, 0.717) is 56.4 Å². The number of ketones is 1. The van der Waals surface area contributed by atoms with Gasteiger partial charge >= 0.3 is 5.97 Å². The molecule has 1 amide bonds. The summed E-state index contributed by atoms with van der Waals surface area (Å²) in [5, 5.41) is 52.0. The first-order valence-corrected chi connectivity index (χ1v) is 21.0. The Morgan fingerprint density at radius 1 is 0.661 bits per heavy atom. The van der Waals surface area contributed by atoms with Crippen molar-refractivity contribution < 1.29 is 67.0 Å². The number of Topliss-reactive ketones (excluding diaryl/α,β-unsaturated/α-hetero) is 1. The van der Waals surface area contributed by atoms with Crippen LogP contribution in [0.25, 0.3) is 0 Å². The van der Waals surface area contributed by atoms with E-state index in [1.165, 1.54) is 19.1 Å². The van der Waals surface area contributed by atoms with E-state index in [1.807, 2.05) is 24.3 Å². The van der Waals surface area contributed by atoms with Crippen LogP contribution in [0.3, 0.4) is 0 Å². The number of hydrogen-bond donors (Lipinski definition) is 6. The summed E-state index contributed by atoms with van der Waals surface area (Å²) in [6.07, 6.45) is 11.9. The van der Waals surface area contributed by atoms with E-state index in [1.54, 1.807) is 60.7 Å². The molecule has 11 nitrogen and oxygen atoms in total. The Morgan fingerprint density at radius 3 is 1.48 bits per heavy atom. The number of aliphatic hydroxyl groups is 4. The van der Waals surface area contributed by atoms with Crippen molar-refractivity contribution in [2.75, 3.05) is 19.8 Å². The molecule has 2 aromatic rings. The number of carbonyl (C=O) groups is 3. The van der Waals surface area contributed by atoms with Gasteiger partial charge in [0, 0.05) is 37.5 Å². The molecular weight excluding hydrogens is 815 g/mol. The predicted octanol–water partition coefficient (Wildman–Crippen LogP) is 7.25. The van der Waals surface area contributed by atoms with Crippen LogP contribution >= 0.6 is 0 Å². The molecule has 2 aliphatic carbocycles. The number of aliphatic carboxylic acids is 1. The molecular formula is C47H61F4NO10. The van der Waals surface area contributed by atoms with Crippen LogP contribution in [-0.2, 0) is 14.4 Å². The van der Waals surface area contributed by atoms with Gasteiger partial charge < -0.3 is 40.3 Å². The molecule has 0 radical (unpaired) electrons. The monoisotopic (exact) mass is 875 g/mol. The number of benzene rings is 2. The van der Waals surface area contributed by atoms with E-state index in [0.717, 1.165) is 12.2 Å². The maximum absolute atomic E-state index is 14.2. The van der Waals surface area contributed by atoms with Crippen LogP contribution in [0.15, 0.2) is 109 Å². The van der Waals surface area contributed by atoms with Crippen LogP contribution in [0, 0.1) is 23.7 Å². The van der Waals surface area contributed by atoms with Crippen molar-refractivity contribution in [3.8, 4) is 11.5 Å². The number of para-hydroxylation sites is 2. The summed E-state index contributed by atoms with van der Waals surface area (Å²) in [6, 6.07) is 16.7. The minimum absolute atomic E-state index is 0.0307. The van der Waals surface area contributed by atoms with Gasteiger partial charge in [-0.15, -0.1) is 0 Å². The topological polar surface area (TPSA) is 183 Å². The van der Waals surface area contributed by atoms with Crippen molar-refractivity contribution in [1.82, 2.24) is 5.32 Å². The summed E-state index contributed by atoms with van der Waals surface area (Å²) in [5.74, 6) is -8.80. The largest absolute Gasteiger partial charge is 0.487 e. The molecule has 0 bridgehead atoms. The average molecular weight is 876 g/mol. The van der Waals surface area contributed by atoms with Gasteiger partial charge in [0.15, 0.2) is 13.2 Å². The van der Waals surface area contributed by atoms with Gasteiger partial charge in [-0.05, 0) is 93.7 Å². The highest BCUT2D eigenvalue weighted by atomic mass is 19.3. The fourth-order valence-corrected chi connectivity index (χ4v) is 7.21. The number of hydrogen-bond acceptors (Lipinski definition) is 9. The maximum atomic E-state index is 14.2. The molecule has 342 valence electrons. The molecule has 0 aliphatic heterocycles. The van der Waals surface area contributed by atoms with Gasteiger partial charge in [0.25, 0.3) is 11.8 Å². The zero-order chi connectivity index (χ0) is 45.5. The third-order valence-electron chi connectivity index (χ3n) is 10.5. The molecule has 2 aromatic carbocycles. The van der Waals surface area contributed by atoms with Crippen molar-refractivity contribution in [2.45, 2.75) is 107 Å². The number of halogens is 4. The Balaban J connectivity index is 0.000000333. The quantitative estimate of drug-likeness (QED) is 0.0357. The molecule has 2 saturated carbocycles. The number of allylic oxidation sites excluding steroid dienone is 4. The molecule has 0 aromatic heterocycles. The molecule has 62 heavy (non-hydrogen) atoms. The molecule has 4 rings (SSSR count). The SMILES string of the molecule is CC(=O)CNC(=O)CCC/C=C\C[C@@H]1[C@@H](/C=C/C(F)(F)COc2ccccc2)[C@H](O)C[C@@H]1O.O=C(O)CCC/C=C\C[C@@H]1[C@@H](/C=C/C(F)(F)COc2ccccc2)[C@H](O)C[C@@H]1O. The summed E-state index contributed by atoms with van der Waals surface area (Å²) < 4.78 is 67.1. The van der Waals surface area contributed by atoms with Gasteiger partial charge in [0.05, 0.1) is 31.0 Å². The Morgan fingerprint density at radius 2 is 1.08 bits per heavy atom. The van der Waals surface area contributed by atoms with E-state index < -0.39 is 67.3 Å². The van der Waals surface area contributed by atoms with Gasteiger partial charge in [-0.3, -0.25) is 14.4 Å². The second-order valence-electron chi connectivity index (χ2n) is 15.7. The molecule has 15 heteroatoms. The maximum Gasteiger partial charge on any atom is 0.303 e. The number of nitrogens with one attached hydrogen (secondary N) is 1. The molecule has 2 fully saturated rings. The van der Waals surface area contributed by atoms with E-state index in [4.69, 9.17) is 14.6 Å². The lowest BCUT2D eigenvalue weighted by Crippen LogP contribution is -2.27. The number of alkyl halides is 4. The number of ether oxygens (including phenoxy) is 2. The van der Waals surface area contributed by atoms with Crippen LogP contribution in [0.4, 0.5) is 17.6 Å². The highest BCUT2D eigenvalue weighted by Crippen LogP contribution is 2.38. The van der Waals surface area contributed by atoms with Gasteiger partial charge in [0.2, 0.25) is 5.91 Å². The fraction of sp³-hybridized carbons (Fsp3) is 0.511. The van der Waals surface area contributed by atoms with Crippen LogP contribution in [0.5, 0.6) is 11.5 Å². The minimum Gasteiger partial charge on any atom is -0.487 e. The first-order chi connectivity index (χ1) is 29.5. The van der Waals surface area contributed by atoms with E-state index in [9.17, 15) is 52.4 Å². The number of carbonyl (C=O) groups excluding carboxylic acids is 2. The number of amides is 1. The predicted molar refractivity (Wildman–Crippen MR) is 226 cm³/mol. The Bertz CT molecular complexity index is 1760. The highest BCUT2D eigenvalue weighted by molar-refractivity contribution is 5.84. The number of rotatable bonds is 24. The van der Waals surface area contributed by atoms with Crippen LogP contribution in [-0.4, -0.2) is 99.2 Å². The summed E-state index contributed by atoms with van der Waals surface area (Å²) in [5.41, 5.74) is 0. The minimum atomic E-state index is -3.22. The lowest BCUT2D eigenvalue weighted by Gasteiger charge is -2.20. The zero-order valence-electron chi connectivity index (χ0n) is 35.0. The van der Waals surface area contributed by atoms with Crippen molar-refractivity contribution in [2.24, 2.45) is 23.7 Å². The Kier molecular flexibility index (Phi) is 22.1. The molecule has 0 unspecified atom stereocenters. The van der Waals surface area contributed by atoms with Crippen molar-refractivity contribution in [3.05, 3.63) is 109 Å². The summed E-state index contributed by atoms with van der Waals surface area (Å²) in [4.78, 5) is 32.9. The summed E-state index contributed by atoms with van der Waals surface area (Å²) >= 11 is 0. The fourth-order valence-electron chi connectivity index (χ4n) is 7.21. The Labute approximate surface area is 360 Å². The third kappa shape index (κ3) is 19.9. The lowest BCUT2D eigenvalue weighted by molar-refractivity contribution is -0.137. The smallest absolute Gasteiger partial charge is 0.303 e. The van der Waals surface area contributed by atoms with Gasteiger partial charge in [-0.2, -0.15) is 17.6 Å². The van der Waals surface area contributed by atoms with E-state index in [2.05, 4.69) is 5.32 Å². The van der Waals surface area contributed by atoms with E-state index >= 15 is 0 Å². The first-order valence-electron chi connectivity index (χ1n) is 21.0. The van der Waals surface area contributed by atoms with Crippen molar-refractivity contribution >= 4 is 17.7 Å². The molecule has 0 saturated heterocycles. The first kappa shape index (κ1) is 51.5. The van der Waals surface area contributed by atoms with Gasteiger partial charge in [-0.1, -0.05) is 72.9 Å². The summed E-state index contributed by atoms with van der Waals surface area (Å²) in [6.45, 7) is -0.196. The second kappa shape index (κ2) is 26.6. The zero-order valence-corrected chi connectivity index (χ0v) is 35.0. The highest BCUT2D eigenvalue weighted by Gasteiger charge is 2.41. The number of unbranched alkanes of at least 4 members (excludes halogenated alkanes) is 2. The second-order valence-corrected chi connectivity index (χ2v) is 15.7. The molecule has 0 heterocycles. The molecule has 0 spiro atoms. The van der Waals surface area contributed by atoms with Crippen molar-refractivity contribution in [1.29, 1.82) is 0 Å². The lowest BCUT2D eigenvalue weighted by atomic mass is 9.89. The standard InChI is InChI=1S/C25H33F2NO5.C22H28F2O5/c1-18(29)16-28-24(32)12-8-3-2-7-11-20-21(23(31)15-22(20)30)13-14-25(26,27)17-33-19-9-5-4-6-10-19;23-22(24,15-29-16-8-4-3-5-9-16)13-12-18-17(19(25)14-20(18)26)10-6-1-2-7-11-21(27)28/h2,4-7,9-10,13-14,20-23,30-31H,3,8,11-12,15-17H2,1H3,(H,28,32);1,3-6,8-9,12-13,17-20,25-26H,2,7,10-11,14-15H2,(H,27,28)/b7-2-,14-13+;6-1-,13-12+/t20-,21-,22+,23-;17-,18-,19+,20-/m11/s1. The van der Waals surface area contributed by atoms with Gasteiger partial charge in [-0.25, -0.2) is 0 Å².